The van der Waals surface area contributed by atoms with Gasteiger partial charge in [-0.3, -0.25) is 0 Å². The lowest BCUT2D eigenvalue weighted by molar-refractivity contribution is 0.438. The predicted octanol–water partition coefficient (Wildman–Crippen LogP) is 12.3. The van der Waals surface area contributed by atoms with Crippen LogP contribution in [0.1, 0.15) is 45.9 Å². The number of para-hydroxylation sites is 2. The van der Waals surface area contributed by atoms with E-state index in [1.807, 2.05) is 0 Å². The van der Waals surface area contributed by atoms with Gasteiger partial charge in [-0.05, 0) is 85.5 Å². The van der Waals surface area contributed by atoms with Crippen molar-refractivity contribution in [1.29, 1.82) is 0 Å². The molecular formula is C49H32O. The van der Waals surface area contributed by atoms with Gasteiger partial charge in [-0.25, -0.2) is 0 Å². The van der Waals surface area contributed by atoms with Crippen molar-refractivity contribution in [2.75, 3.05) is 0 Å². The van der Waals surface area contributed by atoms with E-state index in [9.17, 15) is 0 Å². The van der Waals surface area contributed by atoms with Crippen LogP contribution in [0.4, 0.5) is 0 Å². The largest absolute Gasteiger partial charge is 0.456 e. The molecule has 11 rings (SSSR count). The van der Waals surface area contributed by atoms with Gasteiger partial charge in [0.1, 0.15) is 11.5 Å². The molecule has 1 nitrogen and oxygen atoms in total. The van der Waals surface area contributed by atoms with E-state index < -0.39 is 5.41 Å². The van der Waals surface area contributed by atoms with Gasteiger partial charge in [0.15, 0.2) is 0 Å². The second-order valence-electron chi connectivity index (χ2n) is 14.1. The van der Waals surface area contributed by atoms with Crippen LogP contribution < -0.4 is 4.74 Å². The van der Waals surface area contributed by atoms with Gasteiger partial charge in [0, 0.05) is 22.1 Å². The molecule has 0 saturated carbocycles. The Hall–Kier alpha value is -6.18. The highest BCUT2D eigenvalue weighted by atomic mass is 16.5. The molecule has 0 bridgehead atoms. The van der Waals surface area contributed by atoms with E-state index in [-0.39, 0.29) is 5.41 Å². The summed E-state index contributed by atoms with van der Waals surface area (Å²) in [6.07, 6.45) is 0. The van der Waals surface area contributed by atoms with E-state index >= 15 is 0 Å². The smallest absolute Gasteiger partial charge is 0.140 e. The Labute approximate surface area is 292 Å². The van der Waals surface area contributed by atoms with Crippen LogP contribution in [0.5, 0.6) is 11.5 Å². The summed E-state index contributed by atoms with van der Waals surface area (Å²) in [6, 6.07) is 64.8. The minimum absolute atomic E-state index is 0.321. The minimum atomic E-state index is -0.488. The summed E-state index contributed by atoms with van der Waals surface area (Å²) in [5.74, 6) is 1.84. The van der Waals surface area contributed by atoms with E-state index in [2.05, 4.69) is 183 Å². The summed E-state index contributed by atoms with van der Waals surface area (Å²) in [5.41, 5.74) is 15.7. The third-order valence-corrected chi connectivity index (χ3v) is 11.8. The fourth-order valence-corrected chi connectivity index (χ4v) is 9.65. The summed E-state index contributed by atoms with van der Waals surface area (Å²) in [4.78, 5) is 0. The zero-order valence-electron chi connectivity index (χ0n) is 27.7. The van der Waals surface area contributed by atoms with E-state index in [0.717, 1.165) is 22.6 Å². The Bertz CT molecular complexity index is 2660. The summed E-state index contributed by atoms with van der Waals surface area (Å²) in [7, 11) is 0. The molecule has 1 heterocycles. The highest BCUT2D eigenvalue weighted by molar-refractivity contribution is 6.03. The van der Waals surface area contributed by atoms with E-state index in [1.54, 1.807) is 0 Å². The number of ether oxygens (including phenoxy) is 1. The van der Waals surface area contributed by atoms with Crippen LogP contribution in [-0.2, 0) is 10.8 Å². The summed E-state index contributed by atoms with van der Waals surface area (Å²) in [5, 5.41) is 2.57. The first-order chi connectivity index (χ1) is 24.7. The number of hydrogen-bond donors (Lipinski definition) is 0. The van der Waals surface area contributed by atoms with Crippen molar-refractivity contribution >= 4 is 10.8 Å². The number of rotatable bonds is 2. The van der Waals surface area contributed by atoms with Crippen LogP contribution in [0.2, 0.25) is 0 Å². The molecule has 8 aromatic carbocycles. The normalized spacial score (nSPS) is 16.9. The van der Waals surface area contributed by atoms with Gasteiger partial charge in [0.25, 0.3) is 0 Å². The average molecular weight is 637 g/mol. The van der Waals surface area contributed by atoms with Gasteiger partial charge >= 0.3 is 0 Å². The highest BCUT2D eigenvalue weighted by Crippen LogP contribution is 2.63. The predicted molar refractivity (Wildman–Crippen MR) is 204 cm³/mol. The van der Waals surface area contributed by atoms with Crippen molar-refractivity contribution in [3.63, 3.8) is 0 Å². The Morgan fingerprint density at radius 2 is 1.06 bits per heavy atom. The lowest BCUT2D eigenvalue weighted by atomic mass is 9.65. The van der Waals surface area contributed by atoms with Gasteiger partial charge in [0.05, 0.1) is 5.41 Å². The van der Waals surface area contributed by atoms with Gasteiger partial charge < -0.3 is 4.74 Å². The molecule has 2 aliphatic carbocycles. The summed E-state index contributed by atoms with van der Waals surface area (Å²) in [6.45, 7) is 2.40. The molecule has 1 heteroatoms. The maximum absolute atomic E-state index is 7.06. The molecule has 1 atom stereocenters. The Morgan fingerprint density at radius 1 is 0.420 bits per heavy atom. The number of hydrogen-bond acceptors (Lipinski definition) is 1. The van der Waals surface area contributed by atoms with Gasteiger partial charge in [-0.2, -0.15) is 0 Å². The zero-order valence-corrected chi connectivity index (χ0v) is 27.7. The van der Waals surface area contributed by atoms with Crippen molar-refractivity contribution in [3.8, 4) is 44.9 Å². The minimum Gasteiger partial charge on any atom is -0.456 e. The Kier molecular flexibility index (Phi) is 5.51. The third kappa shape index (κ3) is 3.37. The Morgan fingerprint density at radius 3 is 1.86 bits per heavy atom. The van der Waals surface area contributed by atoms with Gasteiger partial charge in [-0.1, -0.05) is 164 Å². The van der Waals surface area contributed by atoms with E-state index in [0.29, 0.717) is 0 Å². The van der Waals surface area contributed by atoms with Crippen LogP contribution in [0, 0.1) is 0 Å². The SMILES string of the molecule is CC1(c2ccccc2)c2cc(-c3cccc4c3Oc3ccccc3C43c4ccccc4-c4ccccc43)ccc2-c2c1ccc1ccccc21. The van der Waals surface area contributed by atoms with Crippen molar-refractivity contribution in [3.05, 3.63) is 215 Å². The molecule has 0 radical (unpaired) electrons. The molecule has 1 unspecified atom stereocenters. The molecule has 0 aromatic heterocycles. The van der Waals surface area contributed by atoms with Crippen LogP contribution in [0.25, 0.3) is 44.2 Å². The topological polar surface area (TPSA) is 9.23 Å². The fraction of sp³-hybridized carbons (Fsp3) is 0.0612. The van der Waals surface area contributed by atoms with Gasteiger partial charge in [-0.15, -0.1) is 0 Å². The molecule has 50 heavy (non-hydrogen) atoms. The maximum atomic E-state index is 7.06. The van der Waals surface area contributed by atoms with Crippen LogP contribution >= 0.6 is 0 Å². The van der Waals surface area contributed by atoms with Gasteiger partial charge in [0.2, 0.25) is 0 Å². The lowest BCUT2D eigenvalue weighted by Gasteiger charge is -2.40. The molecule has 1 aliphatic heterocycles. The van der Waals surface area contributed by atoms with Crippen molar-refractivity contribution in [2.24, 2.45) is 0 Å². The standard InChI is InChI=1S/C49H32O/c1-48(33-15-3-2-4-16-33)42-29-27-31-14-5-6-17-34(31)46(42)38-28-26-32(30-44(38)48)35-20-13-24-43-47(35)50-45-25-12-11-23-41(45)49(43)39-21-9-7-18-36(39)37-19-8-10-22-40(37)49/h2-30H,1H3. The van der Waals surface area contributed by atoms with Crippen LogP contribution in [0.3, 0.4) is 0 Å². The second-order valence-corrected chi connectivity index (χ2v) is 14.1. The second kappa shape index (κ2) is 9.94. The average Bonchev–Trinajstić information content (AvgIpc) is 3.63. The van der Waals surface area contributed by atoms with Crippen molar-refractivity contribution in [2.45, 2.75) is 17.8 Å². The zero-order chi connectivity index (χ0) is 33.0. The molecule has 3 aliphatic rings. The fourth-order valence-electron chi connectivity index (χ4n) is 9.65. The first-order valence-electron chi connectivity index (χ1n) is 17.5. The highest BCUT2D eigenvalue weighted by Gasteiger charge is 2.51. The van der Waals surface area contributed by atoms with E-state index in [1.165, 1.54) is 72.0 Å². The van der Waals surface area contributed by atoms with Crippen LogP contribution in [-0.4, -0.2) is 0 Å². The summed E-state index contributed by atoms with van der Waals surface area (Å²) < 4.78 is 7.06. The molecule has 0 saturated heterocycles. The Balaban J connectivity index is 1.19. The molecule has 0 amide bonds. The lowest BCUT2D eigenvalue weighted by Crippen LogP contribution is -2.32. The molecule has 0 N–H and O–H groups in total. The van der Waals surface area contributed by atoms with Crippen LogP contribution in [0.15, 0.2) is 176 Å². The quantitative estimate of drug-likeness (QED) is 0.183. The van der Waals surface area contributed by atoms with E-state index in [4.69, 9.17) is 4.74 Å². The summed E-state index contributed by atoms with van der Waals surface area (Å²) >= 11 is 0. The number of fused-ring (bicyclic) bond motifs is 14. The number of benzene rings is 8. The molecule has 8 aromatic rings. The van der Waals surface area contributed by atoms with Crippen molar-refractivity contribution < 1.29 is 4.74 Å². The maximum Gasteiger partial charge on any atom is 0.140 e. The first kappa shape index (κ1) is 27.7. The molecular weight excluding hydrogens is 605 g/mol. The third-order valence-electron chi connectivity index (χ3n) is 11.8. The first-order valence-corrected chi connectivity index (χ1v) is 17.5. The monoisotopic (exact) mass is 636 g/mol. The van der Waals surface area contributed by atoms with Crippen molar-refractivity contribution in [1.82, 2.24) is 0 Å². The molecule has 0 fully saturated rings. The molecule has 1 spiro atoms. The molecule has 234 valence electrons.